The molecule has 1 fully saturated rings. The second-order valence-corrected chi connectivity index (χ2v) is 12.5. The second kappa shape index (κ2) is 10.0. The molecule has 0 saturated heterocycles. The number of hydrogen-bond acceptors (Lipinski definition) is 6. The van der Waals surface area contributed by atoms with Gasteiger partial charge >= 0.3 is 5.97 Å². The van der Waals surface area contributed by atoms with Crippen LogP contribution in [0.4, 0.5) is 4.39 Å². The zero-order valence-corrected chi connectivity index (χ0v) is 22.3. The molecular formula is C29H30FNO6S. The minimum absolute atomic E-state index is 0.0445. The highest BCUT2D eigenvalue weighted by molar-refractivity contribution is 7.90. The molecule has 7 nitrogen and oxygen atoms in total. The number of carboxylic acids is 1. The summed E-state index contributed by atoms with van der Waals surface area (Å²) in [6, 6.07) is 12.4. The number of sulfone groups is 1. The number of aromatic nitrogens is 1. The zero-order valence-electron chi connectivity index (χ0n) is 21.5. The second-order valence-electron chi connectivity index (χ2n) is 10.3. The fourth-order valence-electron chi connectivity index (χ4n) is 5.50. The van der Waals surface area contributed by atoms with Gasteiger partial charge in [0.2, 0.25) is 5.88 Å². The van der Waals surface area contributed by atoms with Crippen LogP contribution in [0.3, 0.4) is 0 Å². The van der Waals surface area contributed by atoms with E-state index in [1.165, 1.54) is 12.3 Å². The largest absolute Gasteiger partial charge is 0.494 e. The zero-order chi connectivity index (χ0) is 27.2. The topological polar surface area (TPSA) is 103 Å². The van der Waals surface area contributed by atoms with Crippen LogP contribution in [0.25, 0.3) is 11.1 Å². The third kappa shape index (κ3) is 5.38. The van der Waals surface area contributed by atoms with Crippen LogP contribution in [-0.2, 0) is 21.1 Å². The van der Waals surface area contributed by atoms with Crippen molar-refractivity contribution >= 4 is 15.8 Å². The molecule has 9 heteroatoms. The van der Waals surface area contributed by atoms with E-state index in [0.29, 0.717) is 36.6 Å². The van der Waals surface area contributed by atoms with Crippen LogP contribution in [0.1, 0.15) is 47.6 Å². The first-order chi connectivity index (χ1) is 18.0. The summed E-state index contributed by atoms with van der Waals surface area (Å²) in [7, 11) is -3.02. The number of pyridine rings is 1. The number of nitrogens with zero attached hydrogens (tertiary/aromatic N) is 1. The van der Waals surface area contributed by atoms with Crippen molar-refractivity contribution in [1.29, 1.82) is 0 Å². The monoisotopic (exact) mass is 539 g/mol. The molecule has 3 aromatic rings. The molecule has 1 heterocycles. The average Bonchev–Trinajstić information content (AvgIpc) is 3.44. The molecule has 0 bridgehead atoms. The highest BCUT2D eigenvalue weighted by atomic mass is 32.2. The Kier molecular flexibility index (Phi) is 6.90. The number of halogens is 1. The molecule has 2 aliphatic rings. The van der Waals surface area contributed by atoms with Crippen LogP contribution in [-0.4, -0.2) is 43.1 Å². The lowest BCUT2D eigenvalue weighted by Gasteiger charge is -2.18. The number of fused-ring (bicyclic) bond motifs is 3. The lowest BCUT2D eigenvalue weighted by Crippen LogP contribution is -2.09. The maximum atomic E-state index is 14.8. The Hall–Kier alpha value is -3.46. The predicted molar refractivity (Wildman–Crippen MR) is 141 cm³/mol. The maximum absolute atomic E-state index is 14.8. The molecule has 0 spiro atoms. The lowest BCUT2D eigenvalue weighted by atomic mass is 9.97. The standard InChI is InChI=1S/C29H30FNO6S/c1-16-11-20(36-9-4-10-38(3,34)35)6-7-21(16)18-5-8-25(30)22(12-18)17(2)37-26-14-19-13-23-27(24(19)15-31-26)28(23)29(32)33/h5-8,11-12,14-15,17,23,27-28H,4,9-10,13H2,1-3H3,(H,32,33)/t17?,23-,27-,28+/m1/s1. The number of carbonyl (C=O) groups is 1. The molecule has 1 unspecified atom stereocenters. The highest BCUT2D eigenvalue weighted by Crippen LogP contribution is 2.61. The summed E-state index contributed by atoms with van der Waals surface area (Å²) in [4.78, 5) is 15.7. The van der Waals surface area contributed by atoms with E-state index < -0.39 is 21.9 Å². The van der Waals surface area contributed by atoms with Gasteiger partial charge in [-0.05, 0) is 84.7 Å². The van der Waals surface area contributed by atoms with Gasteiger partial charge < -0.3 is 14.6 Å². The first-order valence-corrected chi connectivity index (χ1v) is 14.7. The number of aliphatic carboxylic acids is 1. The molecule has 2 aromatic carbocycles. The molecular weight excluding hydrogens is 509 g/mol. The van der Waals surface area contributed by atoms with E-state index in [2.05, 4.69) is 4.98 Å². The highest BCUT2D eigenvalue weighted by Gasteiger charge is 2.59. The molecule has 38 heavy (non-hydrogen) atoms. The van der Waals surface area contributed by atoms with Crippen LogP contribution >= 0.6 is 0 Å². The molecule has 1 saturated carbocycles. The van der Waals surface area contributed by atoms with E-state index in [1.54, 1.807) is 25.3 Å². The van der Waals surface area contributed by atoms with E-state index in [-0.39, 0.29) is 29.3 Å². The van der Waals surface area contributed by atoms with Crippen LogP contribution < -0.4 is 9.47 Å². The summed E-state index contributed by atoms with van der Waals surface area (Å²) in [5, 5.41) is 9.31. The van der Waals surface area contributed by atoms with Crippen LogP contribution in [0.2, 0.25) is 0 Å². The van der Waals surface area contributed by atoms with E-state index in [1.807, 2.05) is 31.2 Å². The number of hydrogen-bond donors (Lipinski definition) is 1. The SMILES string of the molecule is Cc1cc(OCCCS(C)(=O)=O)ccc1-c1ccc(F)c(C(C)Oc2cc3c(cn2)[C@H]2[C@@H](C3)[C@@H]2C(=O)O)c1. The van der Waals surface area contributed by atoms with Crippen molar-refractivity contribution in [3.8, 4) is 22.8 Å². The smallest absolute Gasteiger partial charge is 0.307 e. The van der Waals surface area contributed by atoms with Gasteiger partial charge in [-0.1, -0.05) is 12.1 Å². The summed E-state index contributed by atoms with van der Waals surface area (Å²) >= 11 is 0. The quantitative estimate of drug-likeness (QED) is 0.357. The number of ether oxygens (including phenoxy) is 2. The fraction of sp³-hybridized carbons (Fsp3) is 0.379. The Morgan fingerprint density at radius 1 is 1.21 bits per heavy atom. The van der Waals surface area contributed by atoms with Crippen LogP contribution in [0, 0.1) is 24.6 Å². The van der Waals surface area contributed by atoms with Crippen LogP contribution in [0.15, 0.2) is 48.7 Å². The van der Waals surface area contributed by atoms with Crippen molar-refractivity contribution in [3.05, 3.63) is 76.7 Å². The number of rotatable bonds is 10. The summed E-state index contributed by atoms with van der Waals surface area (Å²) in [5.41, 5.74) is 5.13. The van der Waals surface area contributed by atoms with Crippen LogP contribution in [0.5, 0.6) is 11.6 Å². The third-order valence-electron chi connectivity index (χ3n) is 7.44. The van der Waals surface area contributed by atoms with Gasteiger partial charge in [0.15, 0.2) is 0 Å². The molecule has 0 amide bonds. The maximum Gasteiger partial charge on any atom is 0.307 e. The van der Waals surface area contributed by atoms with Crippen molar-refractivity contribution in [3.63, 3.8) is 0 Å². The van der Waals surface area contributed by atoms with Gasteiger partial charge in [0.05, 0.1) is 18.3 Å². The van der Waals surface area contributed by atoms with Gasteiger partial charge in [-0.2, -0.15) is 0 Å². The Labute approximate surface area is 221 Å². The van der Waals surface area contributed by atoms with E-state index in [0.717, 1.165) is 27.8 Å². The number of aryl methyl sites for hydroxylation is 1. The molecule has 4 atom stereocenters. The van der Waals surface area contributed by atoms with Gasteiger partial charge in [0.25, 0.3) is 0 Å². The Balaban J connectivity index is 1.27. The Morgan fingerprint density at radius 3 is 2.71 bits per heavy atom. The number of benzene rings is 2. The average molecular weight is 540 g/mol. The molecule has 2 aliphatic carbocycles. The van der Waals surface area contributed by atoms with Gasteiger partial charge in [0.1, 0.15) is 27.5 Å². The minimum Gasteiger partial charge on any atom is -0.494 e. The summed E-state index contributed by atoms with van der Waals surface area (Å²) in [5.74, 6) is -0.141. The molecule has 0 aliphatic heterocycles. The first kappa shape index (κ1) is 26.2. The lowest BCUT2D eigenvalue weighted by molar-refractivity contribution is -0.139. The summed E-state index contributed by atoms with van der Waals surface area (Å²) in [6.07, 6.45) is 3.43. The van der Waals surface area contributed by atoms with Crippen molar-refractivity contribution in [2.24, 2.45) is 11.8 Å². The molecule has 1 aromatic heterocycles. The van der Waals surface area contributed by atoms with E-state index in [4.69, 9.17) is 9.47 Å². The van der Waals surface area contributed by atoms with Gasteiger partial charge in [-0.25, -0.2) is 17.8 Å². The van der Waals surface area contributed by atoms with Gasteiger partial charge in [-0.3, -0.25) is 4.79 Å². The van der Waals surface area contributed by atoms with Crippen molar-refractivity contribution in [1.82, 2.24) is 4.98 Å². The molecule has 5 rings (SSSR count). The van der Waals surface area contributed by atoms with Crippen molar-refractivity contribution < 1.29 is 32.2 Å². The van der Waals surface area contributed by atoms with Gasteiger partial charge in [-0.15, -0.1) is 0 Å². The van der Waals surface area contributed by atoms with Crippen molar-refractivity contribution in [2.75, 3.05) is 18.6 Å². The Morgan fingerprint density at radius 2 is 2.00 bits per heavy atom. The molecule has 1 N–H and O–H groups in total. The normalized spacial score (nSPS) is 20.4. The minimum atomic E-state index is -3.02. The van der Waals surface area contributed by atoms with Crippen molar-refractivity contribution in [2.45, 2.75) is 38.7 Å². The molecule has 200 valence electrons. The van der Waals surface area contributed by atoms with Gasteiger partial charge in [0, 0.05) is 30.0 Å². The summed E-state index contributed by atoms with van der Waals surface area (Å²) < 4.78 is 49.1. The fourth-order valence-corrected chi connectivity index (χ4v) is 6.14. The van der Waals surface area contributed by atoms with E-state index >= 15 is 0 Å². The Bertz CT molecular complexity index is 1500. The predicted octanol–water partition coefficient (Wildman–Crippen LogP) is 5.12. The third-order valence-corrected chi connectivity index (χ3v) is 8.47. The number of carboxylic acid groups (broad SMARTS) is 1. The van der Waals surface area contributed by atoms with E-state index in [9.17, 15) is 22.7 Å². The first-order valence-electron chi connectivity index (χ1n) is 12.6. The summed E-state index contributed by atoms with van der Waals surface area (Å²) in [6.45, 7) is 4.02. The molecule has 0 radical (unpaired) electrons.